The predicted octanol–water partition coefficient (Wildman–Crippen LogP) is 4.43. The maximum Gasteiger partial charge on any atom is 0.237 e. The summed E-state index contributed by atoms with van der Waals surface area (Å²) >= 11 is 1.57. The quantitative estimate of drug-likeness (QED) is 0.549. The molecule has 1 aromatic rings. The van der Waals surface area contributed by atoms with Crippen molar-refractivity contribution in [3.05, 3.63) is 35.4 Å². The van der Waals surface area contributed by atoms with Gasteiger partial charge in [-0.1, -0.05) is 76.1 Å². The lowest BCUT2D eigenvalue weighted by atomic mass is 10.0. The molecule has 1 aromatic carbocycles. The highest BCUT2D eigenvalue weighted by molar-refractivity contribution is 8.00. The molecule has 2 rings (SSSR count). The lowest BCUT2D eigenvalue weighted by molar-refractivity contribution is -0.132. The summed E-state index contributed by atoms with van der Waals surface area (Å²) in [6.45, 7) is 2.25. The van der Waals surface area contributed by atoms with Gasteiger partial charge in [0.1, 0.15) is 11.9 Å². The predicted molar refractivity (Wildman–Crippen MR) is 109 cm³/mol. The zero-order chi connectivity index (χ0) is 18.8. The molecule has 1 aliphatic rings. The smallest absolute Gasteiger partial charge is 0.237 e. The van der Waals surface area contributed by atoms with Crippen molar-refractivity contribution in [2.24, 2.45) is 5.73 Å². The molecule has 0 saturated carbocycles. The third-order valence-corrected chi connectivity index (χ3v) is 6.11. The molecule has 1 atom stereocenters. The van der Waals surface area contributed by atoms with Crippen LogP contribution in [0.1, 0.15) is 74.8 Å². The van der Waals surface area contributed by atoms with Crippen molar-refractivity contribution >= 4 is 23.6 Å². The van der Waals surface area contributed by atoms with E-state index in [0.29, 0.717) is 5.75 Å². The second-order valence-corrected chi connectivity index (χ2v) is 8.19. The molecule has 1 saturated heterocycles. The number of hydrogen-bond acceptors (Lipinski definition) is 3. The molecule has 4 nitrogen and oxygen atoms in total. The minimum atomic E-state index is -0.457. The molecule has 26 heavy (non-hydrogen) atoms. The van der Waals surface area contributed by atoms with E-state index in [4.69, 9.17) is 5.73 Å². The molecule has 1 fully saturated rings. The largest absolute Gasteiger partial charge is 0.368 e. The van der Waals surface area contributed by atoms with E-state index >= 15 is 0 Å². The minimum absolute atomic E-state index is 0.00123. The molecule has 0 aromatic heterocycles. The topological polar surface area (TPSA) is 63.4 Å². The fraction of sp³-hybridized carbons (Fsp3) is 0.619. The van der Waals surface area contributed by atoms with Crippen LogP contribution >= 0.6 is 11.8 Å². The van der Waals surface area contributed by atoms with E-state index in [-0.39, 0.29) is 17.8 Å². The van der Waals surface area contributed by atoms with Crippen LogP contribution in [-0.4, -0.2) is 29.0 Å². The number of primary amides is 1. The third-order valence-electron chi connectivity index (χ3n) is 4.85. The lowest BCUT2D eigenvalue weighted by Crippen LogP contribution is -2.36. The lowest BCUT2D eigenvalue weighted by Gasteiger charge is -2.23. The van der Waals surface area contributed by atoms with Crippen LogP contribution < -0.4 is 5.73 Å². The van der Waals surface area contributed by atoms with E-state index in [1.165, 1.54) is 56.9 Å². The average Bonchev–Trinajstić information content (AvgIpc) is 2.98. The van der Waals surface area contributed by atoms with Gasteiger partial charge in [0.2, 0.25) is 11.8 Å². The van der Waals surface area contributed by atoms with Gasteiger partial charge >= 0.3 is 0 Å². The summed E-state index contributed by atoms with van der Waals surface area (Å²) in [6, 6.07) is 8.44. The molecule has 0 bridgehead atoms. The Morgan fingerprint density at radius 3 is 2.54 bits per heavy atom. The van der Waals surface area contributed by atoms with Gasteiger partial charge in [0.05, 0.1) is 5.75 Å². The Balaban J connectivity index is 1.80. The van der Waals surface area contributed by atoms with E-state index in [1.54, 1.807) is 16.7 Å². The molecular weight excluding hydrogens is 344 g/mol. The standard InChI is InChI=1S/C21H32N2O2S/c1-2-3-4-5-6-7-8-9-11-17-12-10-13-18(14-17)21-23(15-19(22)24)20(25)16-26-21/h10,12-14,21H,2-9,11,15-16H2,1H3,(H2,22,24). The number of nitrogens with two attached hydrogens (primary N) is 1. The van der Waals surface area contributed by atoms with Crippen LogP contribution in [0.4, 0.5) is 0 Å². The fourth-order valence-corrected chi connectivity index (χ4v) is 4.61. The first-order valence-electron chi connectivity index (χ1n) is 9.90. The van der Waals surface area contributed by atoms with Crippen LogP contribution in [0.25, 0.3) is 0 Å². The van der Waals surface area contributed by atoms with Crippen LogP contribution in [0.5, 0.6) is 0 Å². The Hall–Kier alpha value is -1.49. The minimum Gasteiger partial charge on any atom is -0.368 e. The van der Waals surface area contributed by atoms with Crippen molar-refractivity contribution < 1.29 is 9.59 Å². The maximum absolute atomic E-state index is 12.0. The molecule has 2 amide bonds. The Bertz CT molecular complexity index is 591. The fourth-order valence-electron chi connectivity index (χ4n) is 3.43. The summed E-state index contributed by atoms with van der Waals surface area (Å²) in [7, 11) is 0. The normalized spacial score (nSPS) is 17.0. The molecule has 0 spiro atoms. The second-order valence-electron chi connectivity index (χ2n) is 7.12. The highest BCUT2D eigenvalue weighted by Gasteiger charge is 2.33. The van der Waals surface area contributed by atoms with E-state index in [0.717, 1.165) is 12.0 Å². The Labute approximate surface area is 161 Å². The number of thioether (sulfide) groups is 1. The number of aryl methyl sites for hydroxylation is 1. The van der Waals surface area contributed by atoms with Gasteiger partial charge in [-0.05, 0) is 24.0 Å². The highest BCUT2D eigenvalue weighted by Crippen LogP contribution is 2.38. The van der Waals surface area contributed by atoms with Crippen molar-refractivity contribution in [2.75, 3.05) is 12.3 Å². The van der Waals surface area contributed by atoms with Crippen molar-refractivity contribution in [3.8, 4) is 0 Å². The average molecular weight is 377 g/mol. The van der Waals surface area contributed by atoms with Gasteiger partial charge in [0.15, 0.2) is 0 Å². The molecule has 1 heterocycles. The summed E-state index contributed by atoms with van der Waals surface area (Å²) in [6.07, 6.45) is 11.6. The Kier molecular flexibility index (Phi) is 9.02. The number of benzene rings is 1. The number of carbonyl (C=O) groups is 2. The third kappa shape index (κ3) is 6.67. The summed E-state index contributed by atoms with van der Waals surface area (Å²) in [4.78, 5) is 24.9. The first kappa shape index (κ1) is 20.8. The van der Waals surface area contributed by atoms with Crippen LogP contribution in [0.15, 0.2) is 24.3 Å². The summed E-state index contributed by atoms with van der Waals surface area (Å²) in [5.74, 6) is -0.0477. The monoisotopic (exact) mass is 376 g/mol. The number of amides is 2. The summed E-state index contributed by atoms with van der Waals surface area (Å²) in [5.41, 5.74) is 7.70. The zero-order valence-electron chi connectivity index (χ0n) is 15.9. The second kappa shape index (κ2) is 11.3. The van der Waals surface area contributed by atoms with Crippen molar-refractivity contribution in [3.63, 3.8) is 0 Å². The van der Waals surface area contributed by atoms with Crippen molar-refractivity contribution in [2.45, 2.75) is 70.1 Å². The molecule has 1 aliphatic heterocycles. The maximum atomic E-state index is 12.0. The van der Waals surface area contributed by atoms with Gasteiger partial charge in [-0.2, -0.15) is 0 Å². The Morgan fingerprint density at radius 1 is 1.15 bits per heavy atom. The molecule has 0 aliphatic carbocycles. The molecule has 1 unspecified atom stereocenters. The SMILES string of the molecule is CCCCCCCCCCc1cccc(C2SCC(=O)N2CC(N)=O)c1. The van der Waals surface area contributed by atoms with E-state index < -0.39 is 5.91 Å². The Morgan fingerprint density at radius 2 is 1.85 bits per heavy atom. The summed E-state index contributed by atoms with van der Waals surface area (Å²) in [5, 5.41) is -0.0893. The highest BCUT2D eigenvalue weighted by atomic mass is 32.2. The van der Waals surface area contributed by atoms with E-state index in [1.807, 2.05) is 6.07 Å². The van der Waals surface area contributed by atoms with Gasteiger partial charge in [-0.3, -0.25) is 9.59 Å². The van der Waals surface area contributed by atoms with Crippen LogP contribution in [0.3, 0.4) is 0 Å². The molecule has 5 heteroatoms. The molecule has 144 valence electrons. The number of hydrogen-bond donors (Lipinski definition) is 1. The van der Waals surface area contributed by atoms with Crippen molar-refractivity contribution in [1.82, 2.24) is 4.90 Å². The number of nitrogens with zero attached hydrogens (tertiary/aromatic N) is 1. The molecular formula is C21H32N2O2S. The van der Waals surface area contributed by atoms with Gasteiger partial charge in [-0.15, -0.1) is 11.8 Å². The van der Waals surface area contributed by atoms with Gasteiger partial charge < -0.3 is 10.6 Å². The van der Waals surface area contributed by atoms with Gasteiger partial charge in [0, 0.05) is 0 Å². The number of unbranched alkanes of at least 4 members (excludes halogenated alkanes) is 7. The molecule has 0 radical (unpaired) electrons. The van der Waals surface area contributed by atoms with Gasteiger partial charge in [0.25, 0.3) is 0 Å². The first-order valence-corrected chi connectivity index (χ1v) is 10.9. The number of rotatable bonds is 12. The summed E-state index contributed by atoms with van der Waals surface area (Å²) < 4.78 is 0. The van der Waals surface area contributed by atoms with Crippen molar-refractivity contribution in [1.29, 1.82) is 0 Å². The van der Waals surface area contributed by atoms with Crippen LogP contribution in [-0.2, 0) is 16.0 Å². The van der Waals surface area contributed by atoms with Crippen LogP contribution in [0.2, 0.25) is 0 Å². The van der Waals surface area contributed by atoms with E-state index in [2.05, 4.69) is 25.1 Å². The van der Waals surface area contributed by atoms with Crippen LogP contribution in [0, 0.1) is 0 Å². The van der Waals surface area contributed by atoms with E-state index in [9.17, 15) is 9.59 Å². The zero-order valence-corrected chi connectivity index (χ0v) is 16.7. The molecule has 2 N–H and O–H groups in total. The van der Waals surface area contributed by atoms with Gasteiger partial charge in [-0.25, -0.2) is 0 Å². The first-order chi connectivity index (χ1) is 12.6. The number of carbonyl (C=O) groups excluding carboxylic acids is 2.